The van der Waals surface area contributed by atoms with Crippen molar-refractivity contribution in [3.05, 3.63) is 29.1 Å². The molecule has 0 saturated carbocycles. The number of aryl methyl sites for hydroxylation is 2. The van der Waals surface area contributed by atoms with E-state index in [0.29, 0.717) is 6.04 Å². The first-order chi connectivity index (χ1) is 10.7. The molecule has 0 spiro atoms. The van der Waals surface area contributed by atoms with Gasteiger partial charge in [-0.2, -0.15) is 0 Å². The SMILES string of the molecule is Cc1cc(C)nc(N2CCC(NCC3=CCCCC3)CC2)n1. The lowest BCUT2D eigenvalue weighted by atomic mass is 9.98. The van der Waals surface area contributed by atoms with Gasteiger partial charge < -0.3 is 10.2 Å². The highest BCUT2D eigenvalue weighted by Crippen LogP contribution is 2.19. The van der Waals surface area contributed by atoms with Crippen LogP contribution in [0.2, 0.25) is 0 Å². The Bertz CT molecular complexity index is 510. The molecule has 120 valence electrons. The third-order valence-electron chi connectivity index (χ3n) is 4.75. The maximum Gasteiger partial charge on any atom is 0.225 e. The second-order valence-corrected chi connectivity index (χ2v) is 6.70. The van der Waals surface area contributed by atoms with E-state index in [9.17, 15) is 0 Å². The summed E-state index contributed by atoms with van der Waals surface area (Å²) in [6.45, 7) is 7.29. The van der Waals surface area contributed by atoms with E-state index in [0.717, 1.165) is 37.0 Å². The van der Waals surface area contributed by atoms with Crippen molar-refractivity contribution in [3.8, 4) is 0 Å². The van der Waals surface area contributed by atoms with Crippen LogP contribution in [-0.2, 0) is 0 Å². The molecule has 1 saturated heterocycles. The Morgan fingerprint density at radius 1 is 1.14 bits per heavy atom. The second-order valence-electron chi connectivity index (χ2n) is 6.70. The molecule has 2 aliphatic rings. The average Bonchev–Trinajstić information content (AvgIpc) is 2.53. The highest BCUT2D eigenvalue weighted by atomic mass is 15.3. The van der Waals surface area contributed by atoms with E-state index in [1.165, 1.54) is 38.5 Å². The van der Waals surface area contributed by atoms with Crippen LogP contribution in [0.15, 0.2) is 17.7 Å². The van der Waals surface area contributed by atoms with Crippen molar-refractivity contribution in [1.82, 2.24) is 15.3 Å². The van der Waals surface area contributed by atoms with Gasteiger partial charge in [-0.15, -0.1) is 0 Å². The van der Waals surface area contributed by atoms with Gasteiger partial charge in [0.1, 0.15) is 0 Å². The predicted octanol–water partition coefficient (Wildman–Crippen LogP) is 3.15. The van der Waals surface area contributed by atoms with Crippen molar-refractivity contribution < 1.29 is 0 Å². The lowest BCUT2D eigenvalue weighted by molar-refractivity contribution is 0.420. The topological polar surface area (TPSA) is 41.1 Å². The zero-order chi connectivity index (χ0) is 15.4. The molecule has 22 heavy (non-hydrogen) atoms. The summed E-state index contributed by atoms with van der Waals surface area (Å²) in [7, 11) is 0. The van der Waals surface area contributed by atoms with Crippen LogP contribution in [-0.4, -0.2) is 35.6 Å². The molecule has 1 aliphatic carbocycles. The van der Waals surface area contributed by atoms with Crippen LogP contribution >= 0.6 is 0 Å². The first-order valence-corrected chi connectivity index (χ1v) is 8.69. The highest BCUT2D eigenvalue weighted by Gasteiger charge is 2.21. The highest BCUT2D eigenvalue weighted by molar-refractivity contribution is 5.32. The smallest absolute Gasteiger partial charge is 0.225 e. The Labute approximate surface area is 134 Å². The summed E-state index contributed by atoms with van der Waals surface area (Å²) in [6.07, 6.45) is 10.1. The molecule has 0 aromatic carbocycles. The van der Waals surface area contributed by atoms with Crippen LogP contribution in [0, 0.1) is 13.8 Å². The van der Waals surface area contributed by atoms with Crippen molar-refractivity contribution >= 4 is 5.95 Å². The minimum absolute atomic E-state index is 0.644. The molecule has 0 radical (unpaired) electrons. The molecule has 1 aliphatic heterocycles. The fourth-order valence-electron chi connectivity index (χ4n) is 3.47. The summed E-state index contributed by atoms with van der Waals surface area (Å²) in [4.78, 5) is 11.5. The number of piperidine rings is 1. The van der Waals surface area contributed by atoms with Crippen LogP contribution in [0.3, 0.4) is 0 Å². The molecule has 2 heterocycles. The summed E-state index contributed by atoms with van der Waals surface area (Å²) in [5.74, 6) is 0.908. The molecule has 0 amide bonds. The lowest BCUT2D eigenvalue weighted by Gasteiger charge is -2.33. The van der Waals surface area contributed by atoms with Gasteiger partial charge >= 0.3 is 0 Å². The molecule has 0 bridgehead atoms. The summed E-state index contributed by atoms with van der Waals surface area (Å²) in [6, 6.07) is 2.68. The van der Waals surface area contributed by atoms with Gasteiger partial charge in [0, 0.05) is 37.1 Å². The van der Waals surface area contributed by atoms with E-state index in [-0.39, 0.29) is 0 Å². The van der Waals surface area contributed by atoms with Crippen LogP contribution in [0.4, 0.5) is 5.95 Å². The van der Waals surface area contributed by atoms with Gasteiger partial charge in [-0.1, -0.05) is 11.6 Å². The summed E-state index contributed by atoms with van der Waals surface area (Å²) < 4.78 is 0. The summed E-state index contributed by atoms with van der Waals surface area (Å²) >= 11 is 0. The molecule has 1 aromatic rings. The number of anilines is 1. The monoisotopic (exact) mass is 300 g/mol. The number of hydrogen-bond donors (Lipinski definition) is 1. The number of nitrogens with one attached hydrogen (secondary N) is 1. The zero-order valence-corrected chi connectivity index (χ0v) is 13.9. The Kier molecular flexibility index (Phi) is 5.08. The van der Waals surface area contributed by atoms with Gasteiger partial charge in [0.2, 0.25) is 5.95 Å². The quantitative estimate of drug-likeness (QED) is 0.867. The van der Waals surface area contributed by atoms with Crippen molar-refractivity contribution in [2.24, 2.45) is 0 Å². The Hall–Kier alpha value is -1.42. The van der Waals surface area contributed by atoms with E-state index in [1.54, 1.807) is 5.57 Å². The minimum atomic E-state index is 0.644. The first kappa shape index (κ1) is 15.5. The van der Waals surface area contributed by atoms with E-state index >= 15 is 0 Å². The zero-order valence-electron chi connectivity index (χ0n) is 13.9. The maximum absolute atomic E-state index is 4.59. The molecule has 4 nitrogen and oxygen atoms in total. The van der Waals surface area contributed by atoms with Crippen molar-refractivity contribution in [1.29, 1.82) is 0 Å². The summed E-state index contributed by atoms with van der Waals surface area (Å²) in [5, 5.41) is 3.75. The van der Waals surface area contributed by atoms with E-state index in [4.69, 9.17) is 0 Å². The van der Waals surface area contributed by atoms with E-state index in [2.05, 4.69) is 26.3 Å². The summed E-state index contributed by atoms with van der Waals surface area (Å²) in [5.41, 5.74) is 3.74. The maximum atomic E-state index is 4.59. The van der Waals surface area contributed by atoms with Gasteiger partial charge in [-0.3, -0.25) is 0 Å². The Morgan fingerprint density at radius 2 is 1.86 bits per heavy atom. The van der Waals surface area contributed by atoms with Gasteiger partial charge in [-0.05, 0) is 58.4 Å². The number of aromatic nitrogens is 2. The number of rotatable bonds is 4. The van der Waals surface area contributed by atoms with Crippen LogP contribution in [0.1, 0.15) is 49.9 Å². The van der Waals surface area contributed by atoms with Crippen molar-refractivity contribution in [3.63, 3.8) is 0 Å². The molecule has 0 atom stereocenters. The molecule has 3 rings (SSSR count). The molecular weight excluding hydrogens is 272 g/mol. The van der Waals surface area contributed by atoms with Gasteiger partial charge in [0.25, 0.3) is 0 Å². The van der Waals surface area contributed by atoms with Crippen molar-refractivity contribution in [2.45, 2.75) is 58.4 Å². The van der Waals surface area contributed by atoms with Crippen LogP contribution < -0.4 is 10.2 Å². The number of allylic oxidation sites excluding steroid dienone is 1. The van der Waals surface area contributed by atoms with E-state index < -0.39 is 0 Å². The van der Waals surface area contributed by atoms with Gasteiger partial charge in [0.05, 0.1) is 0 Å². The molecule has 1 N–H and O–H groups in total. The molecule has 0 unspecified atom stereocenters. The van der Waals surface area contributed by atoms with Gasteiger partial charge in [0.15, 0.2) is 0 Å². The Morgan fingerprint density at radius 3 is 2.50 bits per heavy atom. The number of hydrogen-bond acceptors (Lipinski definition) is 4. The minimum Gasteiger partial charge on any atom is -0.341 e. The van der Waals surface area contributed by atoms with E-state index in [1.807, 2.05) is 19.9 Å². The lowest BCUT2D eigenvalue weighted by Crippen LogP contribution is -2.43. The largest absolute Gasteiger partial charge is 0.341 e. The van der Waals surface area contributed by atoms with Crippen LogP contribution in [0.5, 0.6) is 0 Å². The molecule has 1 aromatic heterocycles. The Balaban J connectivity index is 1.48. The third kappa shape index (κ3) is 4.07. The molecule has 4 heteroatoms. The average molecular weight is 300 g/mol. The normalized spacial score (nSPS) is 20.1. The van der Waals surface area contributed by atoms with Gasteiger partial charge in [-0.25, -0.2) is 9.97 Å². The molecular formula is C18H28N4. The standard InChI is InChI=1S/C18H28N4/c1-14-12-15(2)21-18(20-14)22-10-8-17(9-11-22)19-13-16-6-4-3-5-7-16/h6,12,17,19H,3-5,7-11,13H2,1-2H3. The number of nitrogens with zero attached hydrogens (tertiary/aromatic N) is 3. The predicted molar refractivity (Wildman–Crippen MR) is 91.3 cm³/mol. The first-order valence-electron chi connectivity index (χ1n) is 8.69. The molecule has 1 fully saturated rings. The van der Waals surface area contributed by atoms with Crippen molar-refractivity contribution in [2.75, 3.05) is 24.5 Å². The fourth-order valence-corrected chi connectivity index (χ4v) is 3.47. The third-order valence-corrected chi connectivity index (χ3v) is 4.75. The fraction of sp³-hybridized carbons (Fsp3) is 0.667. The van der Waals surface area contributed by atoms with Crippen LogP contribution in [0.25, 0.3) is 0 Å². The second kappa shape index (κ2) is 7.23.